The molecule has 0 fully saturated rings. The van der Waals surface area contributed by atoms with Crippen LogP contribution >= 0.6 is 18.8 Å². The molecule has 2 unspecified atom stereocenters. The number of rotatable bonds is 4. The Morgan fingerprint density at radius 2 is 1.04 bits per heavy atom. The summed E-state index contributed by atoms with van der Waals surface area (Å²) in [5.41, 5.74) is 16.2. The monoisotopic (exact) mass is 593 g/mol. The van der Waals surface area contributed by atoms with Gasteiger partial charge < -0.3 is 20.9 Å². The van der Waals surface area contributed by atoms with Crippen LogP contribution < -0.4 is 0 Å². The number of benzene rings is 2. The van der Waals surface area contributed by atoms with E-state index in [-0.39, 0.29) is 0 Å². The second-order valence-corrected chi connectivity index (χ2v) is 8.06. The van der Waals surface area contributed by atoms with Gasteiger partial charge in [-0.3, -0.25) is 9.59 Å². The van der Waals surface area contributed by atoms with Gasteiger partial charge in [-0.05, 0) is 12.1 Å². The van der Waals surface area contributed by atoms with E-state index in [0.29, 0.717) is 11.1 Å². The summed E-state index contributed by atoms with van der Waals surface area (Å²) in [5, 5.41) is 0. The number of hydrogen-bond acceptors (Lipinski definition) is 4. The van der Waals surface area contributed by atoms with Crippen LogP contribution in [0.5, 0.6) is 0 Å². The molecule has 2 aromatic rings. The molecule has 0 radical (unpaired) electrons. The van der Waals surface area contributed by atoms with Crippen molar-refractivity contribution >= 4 is 30.8 Å². The number of halogens is 2. The molecule has 9 heteroatoms. The summed E-state index contributed by atoms with van der Waals surface area (Å²) in [5.74, 6) is -1.05. The first-order chi connectivity index (χ1) is 12.9. The maximum absolute atomic E-state index is 10.9. The molecule has 2 atom stereocenters. The molecule has 0 aliphatic rings. The molecule has 0 spiro atoms. The third-order valence-electron chi connectivity index (χ3n) is 3.14. The van der Waals surface area contributed by atoms with Gasteiger partial charge in [-0.25, -0.2) is 0 Å². The van der Waals surface area contributed by atoms with Crippen molar-refractivity contribution in [3.63, 3.8) is 0 Å². The van der Waals surface area contributed by atoms with E-state index >= 15 is 0 Å². The summed E-state index contributed by atoms with van der Waals surface area (Å²) in [7, 11) is 12.3. The first kappa shape index (κ1) is 25.6. The van der Waals surface area contributed by atoms with Gasteiger partial charge in [0.1, 0.15) is 0 Å². The maximum atomic E-state index is 10.9. The van der Waals surface area contributed by atoms with E-state index in [0.717, 1.165) is 0 Å². The molecule has 2 N–H and O–H groups in total. The molecule has 0 aromatic heterocycles. The van der Waals surface area contributed by atoms with Crippen LogP contribution in [0.2, 0.25) is 0 Å². The van der Waals surface area contributed by atoms with Crippen molar-refractivity contribution in [1.29, 1.82) is 0 Å². The van der Waals surface area contributed by atoms with Crippen molar-refractivity contribution in [3.05, 3.63) is 83.3 Å². The van der Waals surface area contributed by atoms with Crippen LogP contribution in [0.1, 0.15) is 23.2 Å². The normalized spacial score (nSPS) is 11.6. The molecule has 2 rings (SSSR count). The van der Waals surface area contributed by atoms with Gasteiger partial charge in [-0.1, -0.05) is 71.8 Å². The van der Waals surface area contributed by atoms with Gasteiger partial charge in [0.25, 0.3) is 11.9 Å². The molecule has 0 heterocycles. The van der Waals surface area contributed by atoms with Gasteiger partial charge in [-0.15, -0.1) is 0 Å². The van der Waals surface area contributed by atoms with Crippen LogP contribution in [0.3, 0.4) is 0 Å². The van der Waals surface area contributed by atoms with E-state index in [2.05, 4.69) is 9.47 Å². The van der Waals surface area contributed by atoms with Crippen LogP contribution in [-0.2, 0) is 35.5 Å². The van der Waals surface area contributed by atoms with E-state index in [1.807, 2.05) is 12.1 Å². The molecule has 6 nitrogen and oxygen atoms in total. The Morgan fingerprint density at radius 1 is 0.778 bits per heavy atom. The molecule has 0 amide bonds. The standard InChI is InChI=1S/2C9H10NO2.2ClH.Pt/c2*1-12-9(11)8(10)7-5-3-2-4-6-7;;;/h2*2-6,8,10H,1H3;2*1H;/q2*-1;;;+4/p-2. The topological polar surface area (TPSA) is 100 Å². The number of nitrogens with one attached hydrogen (secondary N) is 2. The molecule has 0 aliphatic heterocycles. The van der Waals surface area contributed by atoms with E-state index in [9.17, 15) is 9.59 Å². The van der Waals surface area contributed by atoms with Crippen molar-refractivity contribution in [1.82, 2.24) is 0 Å². The third-order valence-corrected chi connectivity index (χ3v) is 3.14. The van der Waals surface area contributed by atoms with E-state index in [1.165, 1.54) is 14.2 Å². The summed E-state index contributed by atoms with van der Waals surface area (Å²) in [6, 6.07) is 15.9. The fourth-order valence-electron chi connectivity index (χ4n) is 1.80. The van der Waals surface area contributed by atoms with Gasteiger partial charge in [0, 0.05) is 0 Å². The summed E-state index contributed by atoms with van der Waals surface area (Å²) < 4.78 is 8.88. The number of ether oxygens (including phenoxy) is 2. The summed E-state index contributed by atoms with van der Waals surface area (Å²) >= 11 is -0.472. The number of carbonyl (C=O) groups excluding carboxylic acids is 2. The summed E-state index contributed by atoms with van der Waals surface area (Å²) in [6.07, 6.45) is 0. The van der Waals surface area contributed by atoms with E-state index in [1.54, 1.807) is 48.5 Å². The SMILES string of the molecule is COC(=O)C([NH-])c1ccccc1.COC(=O)C([NH-])c1ccccc1.[Cl][Pt+2][Cl]. The Labute approximate surface area is 175 Å². The quantitative estimate of drug-likeness (QED) is 0.450. The number of methoxy groups -OCH3 is 2. The first-order valence-corrected chi connectivity index (χ1v) is 13.1. The average molecular weight is 594 g/mol. The predicted molar refractivity (Wildman–Crippen MR) is 103 cm³/mol. The van der Waals surface area contributed by atoms with Gasteiger partial charge in [0.15, 0.2) is 0 Å². The Morgan fingerprint density at radius 3 is 1.26 bits per heavy atom. The van der Waals surface area contributed by atoms with Gasteiger partial charge in [0.05, 0.1) is 14.2 Å². The minimum absolute atomic E-state index is 0.472. The molecular weight excluding hydrogens is 574 g/mol. The zero-order valence-electron chi connectivity index (χ0n) is 14.6. The second kappa shape index (κ2) is 15.6. The van der Waals surface area contributed by atoms with Crippen molar-refractivity contribution in [3.8, 4) is 0 Å². The number of esters is 2. The first-order valence-electron chi connectivity index (χ1n) is 7.43. The minimum atomic E-state index is -0.920. The number of carbonyl (C=O) groups is 2. The predicted octanol–water partition coefficient (Wildman–Crippen LogP) is 5.28. The zero-order chi connectivity index (χ0) is 20.7. The van der Waals surface area contributed by atoms with Crippen LogP contribution in [0.25, 0.3) is 11.5 Å². The Kier molecular flexibility index (Phi) is 14.8. The van der Waals surface area contributed by atoms with Crippen LogP contribution in [0.4, 0.5) is 0 Å². The average Bonchev–Trinajstić information content (AvgIpc) is 2.73. The fraction of sp³-hybridized carbons (Fsp3) is 0.222. The summed E-state index contributed by atoms with van der Waals surface area (Å²) in [4.78, 5) is 21.8. The molecule has 0 aliphatic carbocycles. The molecule has 0 bridgehead atoms. The number of hydrogen-bond donors (Lipinski definition) is 0. The van der Waals surface area contributed by atoms with Crippen molar-refractivity contribution in [2.75, 3.05) is 14.2 Å². The van der Waals surface area contributed by atoms with Gasteiger partial charge in [-0.2, -0.15) is 0 Å². The van der Waals surface area contributed by atoms with Gasteiger partial charge >= 0.3 is 35.3 Å². The Bertz CT molecular complexity index is 605. The van der Waals surface area contributed by atoms with Crippen LogP contribution in [0, 0.1) is 0 Å². The van der Waals surface area contributed by atoms with Gasteiger partial charge in [0.2, 0.25) is 0 Å². The molecule has 0 saturated carbocycles. The fourth-order valence-corrected chi connectivity index (χ4v) is 1.80. The third kappa shape index (κ3) is 10.5. The molecule has 2 aromatic carbocycles. The van der Waals surface area contributed by atoms with Crippen molar-refractivity contribution in [2.45, 2.75) is 12.1 Å². The zero-order valence-corrected chi connectivity index (χ0v) is 18.4. The van der Waals surface area contributed by atoms with Crippen molar-refractivity contribution < 1.29 is 35.5 Å². The molecule has 150 valence electrons. The molecule has 27 heavy (non-hydrogen) atoms. The van der Waals surface area contributed by atoms with E-state index in [4.69, 9.17) is 30.3 Å². The summed E-state index contributed by atoms with van der Waals surface area (Å²) in [6.45, 7) is 0. The Hall–Kier alpha value is -1.43. The molecular formula is C18H20Cl2N2O4Pt. The van der Waals surface area contributed by atoms with Crippen LogP contribution in [0.15, 0.2) is 60.7 Å². The molecule has 0 saturated heterocycles. The van der Waals surface area contributed by atoms with Crippen LogP contribution in [-0.4, -0.2) is 26.2 Å². The second-order valence-electron chi connectivity index (χ2n) is 4.78. The van der Waals surface area contributed by atoms with Crippen molar-refractivity contribution in [2.24, 2.45) is 0 Å². The Balaban J connectivity index is 0.000000438. The van der Waals surface area contributed by atoms with E-state index < -0.39 is 40.5 Å².